The highest BCUT2D eigenvalue weighted by Gasteiger charge is 2.26. The predicted octanol–water partition coefficient (Wildman–Crippen LogP) is 7.75. The van der Waals surface area contributed by atoms with Crippen LogP contribution in [-0.2, 0) is 5.41 Å². The maximum Gasteiger partial charge on any atom is 0.323 e. The number of carbonyl (C=O) groups excluding carboxylic acids is 1. The molecule has 2 amide bonds. The number of para-hydroxylation sites is 1. The first-order valence-corrected chi connectivity index (χ1v) is 14.1. The Hall–Kier alpha value is -3.65. The molecule has 0 saturated carbocycles. The summed E-state index contributed by atoms with van der Waals surface area (Å²) >= 11 is 0. The molecule has 4 rings (SSSR count). The number of urea groups is 1. The van der Waals surface area contributed by atoms with E-state index in [1.54, 1.807) is 24.4 Å². The number of nitrogens with one attached hydrogen (secondary N) is 3. The second-order valence-electron chi connectivity index (χ2n) is 11.8. The van der Waals surface area contributed by atoms with Crippen molar-refractivity contribution in [2.75, 3.05) is 23.7 Å². The van der Waals surface area contributed by atoms with E-state index < -0.39 is 11.8 Å². The van der Waals surface area contributed by atoms with Gasteiger partial charge in [-0.25, -0.2) is 14.2 Å². The smallest absolute Gasteiger partial charge is 0.323 e. The van der Waals surface area contributed by atoms with Crippen LogP contribution in [0, 0.1) is 17.7 Å². The fourth-order valence-electron chi connectivity index (χ4n) is 4.99. The summed E-state index contributed by atoms with van der Waals surface area (Å²) in [6, 6.07) is 15.1. The van der Waals surface area contributed by atoms with E-state index in [2.05, 4.69) is 55.6 Å². The summed E-state index contributed by atoms with van der Waals surface area (Å²) in [5.74, 6) is 1.70. The lowest BCUT2D eigenvalue weighted by Gasteiger charge is -2.32. The van der Waals surface area contributed by atoms with Crippen LogP contribution in [0.5, 0.6) is 17.4 Å². The summed E-state index contributed by atoms with van der Waals surface area (Å²) in [4.78, 5) is 17.2. The van der Waals surface area contributed by atoms with Crippen LogP contribution in [0.1, 0.15) is 59.4 Å². The summed E-state index contributed by atoms with van der Waals surface area (Å²) in [5.41, 5.74) is 1.28. The average Bonchev–Trinajstić information content (AvgIpc) is 2.91. The van der Waals surface area contributed by atoms with Crippen molar-refractivity contribution in [1.82, 2.24) is 10.3 Å². The Balaban J connectivity index is 1.43. The number of carbonyl (C=O) groups is 1. The zero-order chi connectivity index (χ0) is 28.7. The molecule has 0 bridgehead atoms. The van der Waals surface area contributed by atoms with Gasteiger partial charge in [-0.15, -0.1) is 0 Å². The Morgan fingerprint density at radius 3 is 2.48 bits per heavy atom. The Morgan fingerprint density at radius 2 is 1.77 bits per heavy atom. The number of halogens is 1. The molecule has 7 nitrogen and oxygen atoms in total. The van der Waals surface area contributed by atoms with E-state index in [-0.39, 0.29) is 23.1 Å². The summed E-state index contributed by atoms with van der Waals surface area (Å²) in [5, 5.41) is 8.71. The molecule has 3 aromatic rings. The Labute approximate surface area is 236 Å². The number of benzene rings is 2. The topological polar surface area (TPSA) is 84.5 Å². The highest BCUT2D eigenvalue weighted by atomic mass is 19.1. The Kier molecular flexibility index (Phi) is 9.63. The number of ether oxygens (including phenoxy) is 2. The number of hydrogen-bond donors (Lipinski definition) is 3. The lowest BCUT2D eigenvalue weighted by atomic mass is 9.86. The summed E-state index contributed by atoms with van der Waals surface area (Å²) in [6.07, 6.45) is 4.61. The quantitative estimate of drug-likeness (QED) is 0.255. The van der Waals surface area contributed by atoms with Gasteiger partial charge < -0.3 is 25.4 Å². The highest BCUT2D eigenvalue weighted by Crippen LogP contribution is 2.35. The van der Waals surface area contributed by atoms with Crippen molar-refractivity contribution < 1.29 is 18.7 Å². The minimum absolute atomic E-state index is 0.0241. The second-order valence-corrected chi connectivity index (χ2v) is 11.8. The van der Waals surface area contributed by atoms with Crippen LogP contribution in [0.4, 0.5) is 20.6 Å². The van der Waals surface area contributed by atoms with Crippen molar-refractivity contribution in [3.05, 3.63) is 72.2 Å². The van der Waals surface area contributed by atoms with Gasteiger partial charge in [0.05, 0.1) is 5.69 Å². The molecule has 0 spiro atoms. The number of amides is 2. The highest BCUT2D eigenvalue weighted by molar-refractivity contribution is 6.00. The molecule has 40 heavy (non-hydrogen) atoms. The fraction of sp³-hybridized carbons (Fsp3) is 0.438. The van der Waals surface area contributed by atoms with Gasteiger partial charge in [-0.1, -0.05) is 52.8 Å². The van der Waals surface area contributed by atoms with Gasteiger partial charge in [0.2, 0.25) is 5.88 Å². The van der Waals surface area contributed by atoms with Gasteiger partial charge in [-0.3, -0.25) is 0 Å². The number of aromatic nitrogens is 1. The number of hydrogen-bond acceptors (Lipinski definition) is 5. The largest absolute Gasteiger partial charge is 0.490 e. The van der Waals surface area contributed by atoms with Gasteiger partial charge in [0.15, 0.2) is 0 Å². The third kappa shape index (κ3) is 7.94. The molecule has 2 heterocycles. The lowest BCUT2D eigenvalue weighted by molar-refractivity contribution is 0.0919. The average molecular weight is 549 g/mol. The molecular formula is C32H41FN4O3. The van der Waals surface area contributed by atoms with Gasteiger partial charge >= 0.3 is 6.03 Å². The van der Waals surface area contributed by atoms with E-state index in [9.17, 15) is 4.79 Å². The Morgan fingerprint density at radius 1 is 1.05 bits per heavy atom. The van der Waals surface area contributed by atoms with Crippen molar-refractivity contribution in [3.8, 4) is 17.4 Å². The first kappa shape index (κ1) is 29.3. The van der Waals surface area contributed by atoms with Crippen LogP contribution >= 0.6 is 0 Å². The molecule has 8 heteroatoms. The molecule has 1 fully saturated rings. The number of anilines is 2. The molecule has 3 N–H and O–H groups in total. The van der Waals surface area contributed by atoms with Crippen molar-refractivity contribution in [1.29, 1.82) is 0 Å². The Bertz CT molecular complexity index is 1290. The maximum atomic E-state index is 15.1. The SMILES string of the molecule is CC(C)CC(Oc1ccc(NC(=O)Nc2cccnc2Oc2ccccc2C(C)(C)C)c(F)c1)C1CCNCC1. The molecule has 214 valence electrons. The van der Waals surface area contributed by atoms with Crippen LogP contribution in [0.2, 0.25) is 0 Å². The fourth-order valence-corrected chi connectivity index (χ4v) is 4.99. The minimum Gasteiger partial charge on any atom is -0.490 e. The van der Waals surface area contributed by atoms with E-state index in [1.807, 2.05) is 24.3 Å². The molecule has 1 unspecified atom stereocenters. The van der Waals surface area contributed by atoms with Gasteiger partial charge in [-0.2, -0.15) is 0 Å². The summed E-state index contributed by atoms with van der Waals surface area (Å²) in [7, 11) is 0. The van der Waals surface area contributed by atoms with Crippen molar-refractivity contribution in [2.24, 2.45) is 11.8 Å². The molecule has 2 aromatic carbocycles. The van der Waals surface area contributed by atoms with Gasteiger partial charge in [0, 0.05) is 17.8 Å². The van der Waals surface area contributed by atoms with Gasteiger partial charge in [-0.05, 0) is 79.9 Å². The van der Waals surface area contributed by atoms with E-state index in [0.717, 1.165) is 37.9 Å². The van der Waals surface area contributed by atoms with Crippen molar-refractivity contribution >= 4 is 17.4 Å². The number of pyridine rings is 1. The standard InChI is InChI=1S/C32H41FN4O3/c1-21(2)19-29(22-14-17-34-18-15-22)39-23-12-13-26(25(33)20-23)36-31(38)37-27-10-8-16-35-30(27)40-28-11-7-6-9-24(28)32(3,4)5/h6-13,16,20-22,29,34H,14-15,17-19H2,1-5H3,(H2,36,37,38). The van der Waals surface area contributed by atoms with E-state index >= 15 is 4.39 Å². The van der Waals surface area contributed by atoms with Gasteiger partial charge in [0.1, 0.15) is 29.1 Å². The van der Waals surface area contributed by atoms with Crippen molar-refractivity contribution in [2.45, 2.75) is 65.4 Å². The minimum atomic E-state index is -0.609. The number of rotatable bonds is 9. The number of piperidine rings is 1. The predicted molar refractivity (Wildman–Crippen MR) is 158 cm³/mol. The molecule has 0 aliphatic carbocycles. The number of nitrogens with zero attached hydrogens (tertiary/aromatic N) is 1. The molecule has 1 saturated heterocycles. The van der Waals surface area contributed by atoms with E-state index in [0.29, 0.717) is 29.0 Å². The third-order valence-electron chi connectivity index (χ3n) is 7.01. The monoisotopic (exact) mass is 548 g/mol. The molecular weight excluding hydrogens is 507 g/mol. The van der Waals surface area contributed by atoms with E-state index in [4.69, 9.17) is 9.47 Å². The zero-order valence-corrected chi connectivity index (χ0v) is 24.1. The van der Waals surface area contributed by atoms with Crippen LogP contribution in [-0.4, -0.2) is 30.2 Å². The van der Waals surface area contributed by atoms with Crippen LogP contribution in [0.15, 0.2) is 60.8 Å². The van der Waals surface area contributed by atoms with Gasteiger partial charge in [0.25, 0.3) is 0 Å². The molecule has 1 aliphatic heterocycles. The van der Waals surface area contributed by atoms with Crippen LogP contribution in [0.3, 0.4) is 0 Å². The van der Waals surface area contributed by atoms with Crippen LogP contribution in [0.25, 0.3) is 0 Å². The lowest BCUT2D eigenvalue weighted by Crippen LogP contribution is -2.37. The molecule has 1 aromatic heterocycles. The first-order valence-electron chi connectivity index (χ1n) is 14.1. The zero-order valence-electron chi connectivity index (χ0n) is 24.1. The summed E-state index contributed by atoms with van der Waals surface area (Å²) in [6.45, 7) is 12.6. The molecule has 1 aliphatic rings. The maximum absolute atomic E-state index is 15.1. The molecule has 1 atom stereocenters. The normalized spacial score (nSPS) is 15.0. The summed E-state index contributed by atoms with van der Waals surface area (Å²) < 4.78 is 27.5. The molecule has 0 radical (unpaired) electrons. The van der Waals surface area contributed by atoms with Crippen LogP contribution < -0.4 is 25.4 Å². The second kappa shape index (κ2) is 13.1. The van der Waals surface area contributed by atoms with Crippen molar-refractivity contribution in [3.63, 3.8) is 0 Å². The third-order valence-corrected chi connectivity index (χ3v) is 7.01. The van der Waals surface area contributed by atoms with E-state index in [1.165, 1.54) is 12.1 Å². The first-order chi connectivity index (χ1) is 19.1.